The van der Waals surface area contributed by atoms with Crippen molar-refractivity contribution < 1.29 is 0 Å². The summed E-state index contributed by atoms with van der Waals surface area (Å²) in [5, 5.41) is 0. The Balaban J connectivity index is 2.54. The van der Waals surface area contributed by atoms with E-state index in [1.165, 1.54) is 33.4 Å². The largest absolute Gasteiger partial charge is 0.305 e. The standard InChI is InChI=1S/C24H31N/c1-6-8-13-24-22(10-7-2)16-21(18-25(4)5)17-23(24)15-20-12-9-11-19(3)14-20/h7-14,16-17H,6,15,18H2,1-5H3/b10-7-,13-8+. The third-order valence-corrected chi connectivity index (χ3v) is 4.20. The van der Waals surface area contributed by atoms with Gasteiger partial charge >= 0.3 is 0 Å². The number of aryl methyl sites for hydroxylation is 1. The Morgan fingerprint density at radius 1 is 1.00 bits per heavy atom. The molecule has 0 atom stereocenters. The van der Waals surface area contributed by atoms with Gasteiger partial charge in [0, 0.05) is 6.54 Å². The minimum Gasteiger partial charge on any atom is -0.305 e. The van der Waals surface area contributed by atoms with Gasteiger partial charge in [-0.15, -0.1) is 0 Å². The highest BCUT2D eigenvalue weighted by Crippen LogP contribution is 2.25. The van der Waals surface area contributed by atoms with Crippen LogP contribution in [0.1, 0.15) is 53.6 Å². The molecule has 0 aliphatic carbocycles. The quantitative estimate of drug-likeness (QED) is 0.591. The second-order valence-electron chi connectivity index (χ2n) is 6.97. The van der Waals surface area contributed by atoms with Crippen molar-refractivity contribution >= 4 is 12.2 Å². The minimum absolute atomic E-state index is 0.961. The maximum absolute atomic E-state index is 2.38. The van der Waals surface area contributed by atoms with Gasteiger partial charge in [0.2, 0.25) is 0 Å². The van der Waals surface area contributed by atoms with Crippen molar-refractivity contribution in [2.75, 3.05) is 14.1 Å². The number of nitrogens with zero attached hydrogens (tertiary/aromatic N) is 1. The lowest BCUT2D eigenvalue weighted by molar-refractivity contribution is 0.402. The first-order valence-electron chi connectivity index (χ1n) is 9.18. The highest BCUT2D eigenvalue weighted by Gasteiger charge is 2.09. The smallest absolute Gasteiger partial charge is 0.0227 e. The van der Waals surface area contributed by atoms with Crippen molar-refractivity contribution in [2.45, 2.75) is 40.2 Å². The van der Waals surface area contributed by atoms with Crippen LogP contribution in [0.2, 0.25) is 0 Å². The summed E-state index contributed by atoms with van der Waals surface area (Å²) < 4.78 is 0. The van der Waals surface area contributed by atoms with E-state index in [-0.39, 0.29) is 0 Å². The van der Waals surface area contributed by atoms with Gasteiger partial charge in [-0.1, -0.05) is 67.1 Å². The molecular weight excluding hydrogens is 302 g/mol. The number of hydrogen-bond donors (Lipinski definition) is 0. The van der Waals surface area contributed by atoms with Crippen LogP contribution in [0, 0.1) is 6.92 Å². The van der Waals surface area contributed by atoms with Crippen LogP contribution in [0.5, 0.6) is 0 Å². The molecule has 0 aromatic heterocycles. The summed E-state index contributed by atoms with van der Waals surface area (Å²) in [6.45, 7) is 7.40. The van der Waals surface area contributed by atoms with Gasteiger partial charge in [0.1, 0.15) is 0 Å². The molecule has 0 amide bonds. The SMILES string of the molecule is C/C=C\c1cc(CN(C)C)cc(Cc2cccc(C)c2)c1/C=C/CC. The van der Waals surface area contributed by atoms with Gasteiger partial charge < -0.3 is 4.90 Å². The van der Waals surface area contributed by atoms with Crippen LogP contribution < -0.4 is 0 Å². The third-order valence-electron chi connectivity index (χ3n) is 4.20. The Kier molecular flexibility index (Phi) is 7.21. The van der Waals surface area contributed by atoms with Gasteiger partial charge in [-0.2, -0.15) is 0 Å². The molecule has 0 aliphatic heterocycles. The van der Waals surface area contributed by atoms with E-state index in [0.29, 0.717) is 0 Å². The van der Waals surface area contributed by atoms with E-state index in [0.717, 1.165) is 19.4 Å². The molecule has 0 unspecified atom stereocenters. The van der Waals surface area contributed by atoms with Gasteiger partial charge in [-0.05, 0) is 74.7 Å². The summed E-state index contributed by atoms with van der Waals surface area (Å²) in [6.07, 6.45) is 10.9. The lowest BCUT2D eigenvalue weighted by Gasteiger charge is -2.16. The Morgan fingerprint density at radius 3 is 2.44 bits per heavy atom. The fourth-order valence-electron chi connectivity index (χ4n) is 3.21. The molecule has 132 valence electrons. The molecule has 1 heteroatoms. The van der Waals surface area contributed by atoms with E-state index in [4.69, 9.17) is 0 Å². The van der Waals surface area contributed by atoms with Crippen LogP contribution in [0.25, 0.3) is 12.2 Å². The lowest BCUT2D eigenvalue weighted by Crippen LogP contribution is -2.11. The molecule has 0 heterocycles. The van der Waals surface area contributed by atoms with Crippen LogP contribution in [-0.4, -0.2) is 19.0 Å². The highest BCUT2D eigenvalue weighted by molar-refractivity contribution is 5.69. The Labute approximate surface area is 153 Å². The van der Waals surface area contributed by atoms with Crippen molar-refractivity contribution in [3.05, 3.63) is 81.9 Å². The second-order valence-corrected chi connectivity index (χ2v) is 6.97. The first-order chi connectivity index (χ1) is 12.0. The topological polar surface area (TPSA) is 3.24 Å². The van der Waals surface area contributed by atoms with E-state index < -0.39 is 0 Å². The molecule has 0 radical (unpaired) electrons. The van der Waals surface area contributed by atoms with Crippen molar-refractivity contribution in [1.82, 2.24) is 4.90 Å². The summed E-state index contributed by atoms with van der Waals surface area (Å²) in [6, 6.07) is 13.5. The second kappa shape index (κ2) is 9.39. The summed E-state index contributed by atoms with van der Waals surface area (Å²) in [5.41, 5.74) is 8.14. The van der Waals surface area contributed by atoms with Crippen LogP contribution in [-0.2, 0) is 13.0 Å². The van der Waals surface area contributed by atoms with Crippen molar-refractivity contribution in [3.8, 4) is 0 Å². The van der Waals surface area contributed by atoms with Crippen molar-refractivity contribution in [1.29, 1.82) is 0 Å². The van der Waals surface area contributed by atoms with Gasteiger partial charge in [0.15, 0.2) is 0 Å². The molecule has 2 aromatic carbocycles. The van der Waals surface area contributed by atoms with E-state index in [9.17, 15) is 0 Å². The van der Waals surface area contributed by atoms with Crippen LogP contribution in [0.15, 0.2) is 48.6 Å². The molecule has 25 heavy (non-hydrogen) atoms. The minimum atomic E-state index is 0.961. The van der Waals surface area contributed by atoms with Crippen molar-refractivity contribution in [2.24, 2.45) is 0 Å². The summed E-state index contributed by atoms with van der Waals surface area (Å²) >= 11 is 0. The van der Waals surface area contributed by atoms with Crippen LogP contribution in [0.3, 0.4) is 0 Å². The van der Waals surface area contributed by atoms with E-state index in [2.05, 4.69) is 100 Å². The molecule has 1 nitrogen and oxygen atoms in total. The third kappa shape index (κ3) is 5.72. The lowest BCUT2D eigenvalue weighted by atomic mass is 9.92. The molecule has 0 N–H and O–H groups in total. The monoisotopic (exact) mass is 333 g/mol. The number of rotatable bonds is 7. The van der Waals surface area contributed by atoms with Gasteiger partial charge in [-0.3, -0.25) is 0 Å². The summed E-state index contributed by atoms with van der Waals surface area (Å²) in [7, 11) is 4.25. The Morgan fingerprint density at radius 2 is 1.80 bits per heavy atom. The molecule has 0 bridgehead atoms. The van der Waals surface area contributed by atoms with Crippen LogP contribution in [0.4, 0.5) is 0 Å². The van der Waals surface area contributed by atoms with Gasteiger partial charge in [-0.25, -0.2) is 0 Å². The predicted molar refractivity (Wildman–Crippen MR) is 112 cm³/mol. The van der Waals surface area contributed by atoms with Gasteiger partial charge in [0.05, 0.1) is 0 Å². The molecule has 0 saturated heterocycles. The molecule has 2 rings (SSSR count). The first kappa shape index (κ1) is 19.2. The predicted octanol–water partition coefficient (Wildman–Crippen LogP) is 6.10. The molecule has 2 aromatic rings. The fraction of sp³-hybridized carbons (Fsp3) is 0.333. The Bertz CT molecular complexity index is 751. The Hall–Kier alpha value is -2.12. The van der Waals surface area contributed by atoms with Gasteiger partial charge in [0.25, 0.3) is 0 Å². The maximum Gasteiger partial charge on any atom is 0.0227 e. The molecular formula is C24H31N. The summed E-state index contributed by atoms with van der Waals surface area (Å²) in [4.78, 5) is 2.23. The molecule has 0 fully saturated rings. The first-order valence-corrected chi connectivity index (χ1v) is 9.18. The maximum atomic E-state index is 2.38. The zero-order chi connectivity index (χ0) is 18.2. The zero-order valence-electron chi connectivity index (χ0n) is 16.3. The molecule has 0 saturated carbocycles. The highest BCUT2D eigenvalue weighted by atomic mass is 15.0. The number of hydrogen-bond acceptors (Lipinski definition) is 1. The normalized spacial score (nSPS) is 11.9. The average Bonchev–Trinajstić information content (AvgIpc) is 2.54. The van der Waals surface area contributed by atoms with Crippen LogP contribution >= 0.6 is 0 Å². The molecule has 0 aliphatic rings. The van der Waals surface area contributed by atoms with Crippen molar-refractivity contribution in [3.63, 3.8) is 0 Å². The number of allylic oxidation sites excluding steroid dienone is 2. The summed E-state index contributed by atoms with van der Waals surface area (Å²) in [5.74, 6) is 0. The molecule has 0 spiro atoms. The van der Waals surface area contributed by atoms with E-state index in [1.54, 1.807) is 0 Å². The van der Waals surface area contributed by atoms with E-state index >= 15 is 0 Å². The fourth-order valence-corrected chi connectivity index (χ4v) is 3.21. The van der Waals surface area contributed by atoms with E-state index in [1.807, 2.05) is 0 Å². The average molecular weight is 334 g/mol. The zero-order valence-corrected chi connectivity index (χ0v) is 16.3. The number of benzene rings is 2.